The molecule has 6 heteroatoms. The van der Waals surface area contributed by atoms with Gasteiger partial charge >= 0.3 is 4.87 Å². The average molecular weight is 429 g/mol. The van der Waals surface area contributed by atoms with Gasteiger partial charge in [0.25, 0.3) is 0 Å². The molecule has 5 rings (SSSR count). The van der Waals surface area contributed by atoms with Gasteiger partial charge in [-0.2, -0.15) is 0 Å². The van der Waals surface area contributed by atoms with E-state index < -0.39 is 0 Å². The van der Waals surface area contributed by atoms with Crippen molar-refractivity contribution in [3.8, 4) is 11.6 Å². The van der Waals surface area contributed by atoms with E-state index >= 15 is 0 Å². The lowest BCUT2D eigenvalue weighted by atomic mass is 10.0. The highest BCUT2D eigenvalue weighted by molar-refractivity contribution is 7.10. The van der Waals surface area contributed by atoms with Crippen molar-refractivity contribution in [2.24, 2.45) is 4.99 Å². The molecule has 0 aliphatic carbocycles. The van der Waals surface area contributed by atoms with Crippen molar-refractivity contribution < 1.29 is 9.84 Å². The number of rotatable bonds is 5. The van der Waals surface area contributed by atoms with Gasteiger partial charge in [-0.1, -0.05) is 65.9 Å². The number of thiazole rings is 1. The number of benzene rings is 3. The molecule has 3 aromatic carbocycles. The number of para-hydroxylation sites is 1. The SMILES string of the molecule is CC1=Nc2ccccc2/C1=C\c1sc(=O)n(CCOc2cccc3ccccc23)c1O. The molecule has 1 N–H and O–H groups in total. The second-order valence-corrected chi connectivity index (χ2v) is 8.30. The average Bonchev–Trinajstić information content (AvgIpc) is 3.24. The molecule has 4 aromatic rings. The van der Waals surface area contributed by atoms with Crippen LogP contribution in [-0.4, -0.2) is 22.0 Å². The third kappa shape index (κ3) is 3.55. The largest absolute Gasteiger partial charge is 0.493 e. The standard InChI is InChI=1S/C25H20N2O3S/c1-16-20(19-10-4-5-11-21(19)26-16)15-23-24(28)27(25(29)31-23)13-14-30-22-12-6-8-17-7-2-3-9-18(17)22/h2-12,15,28H,13-14H2,1H3/b20-15-. The Bertz CT molecular complexity index is 1410. The van der Waals surface area contributed by atoms with Crippen molar-refractivity contribution in [1.82, 2.24) is 4.57 Å². The third-order valence-electron chi connectivity index (χ3n) is 5.36. The molecule has 1 aliphatic heterocycles. The molecule has 31 heavy (non-hydrogen) atoms. The molecule has 0 unspecified atom stereocenters. The number of aromatic nitrogens is 1. The Labute approximate surface area is 183 Å². The molecule has 154 valence electrons. The lowest BCUT2D eigenvalue weighted by Gasteiger charge is -2.10. The van der Waals surface area contributed by atoms with Crippen LogP contribution in [0.3, 0.4) is 0 Å². The summed E-state index contributed by atoms with van der Waals surface area (Å²) in [7, 11) is 0. The first-order chi connectivity index (χ1) is 15.1. The first-order valence-electron chi connectivity index (χ1n) is 10.0. The molecule has 0 saturated carbocycles. The Morgan fingerprint density at radius 3 is 2.74 bits per heavy atom. The fourth-order valence-corrected chi connectivity index (χ4v) is 4.68. The predicted molar refractivity (Wildman–Crippen MR) is 127 cm³/mol. The molecule has 0 saturated heterocycles. The summed E-state index contributed by atoms with van der Waals surface area (Å²) in [5.74, 6) is 0.721. The molecular formula is C25H20N2O3S. The van der Waals surface area contributed by atoms with Crippen LogP contribution in [0.2, 0.25) is 0 Å². The van der Waals surface area contributed by atoms with Gasteiger partial charge in [0.2, 0.25) is 5.88 Å². The molecule has 0 bridgehead atoms. The number of ether oxygens (including phenoxy) is 1. The van der Waals surface area contributed by atoms with E-state index in [1.807, 2.05) is 79.7 Å². The summed E-state index contributed by atoms with van der Waals surface area (Å²) in [5, 5.41) is 12.8. The summed E-state index contributed by atoms with van der Waals surface area (Å²) in [6.45, 7) is 2.47. The topological polar surface area (TPSA) is 63.8 Å². The Morgan fingerprint density at radius 1 is 1.06 bits per heavy atom. The van der Waals surface area contributed by atoms with Gasteiger partial charge in [0, 0.05) is 22.2 Å². The maximum Gasteiger partial charge on any atom is 0.310 e. The number of aliphatic imine (C=N–C) groups is 1. The van der Waals surface area contributed by atoms with Crippen LogP contribution in [0.1, 0.15) is 17.4 Å². The maximum atomic E-state index is 12.5. The van der Waals surface area contributed by atoms with Gasteiger partial charge in [-0.3, -0.25) is 14.4 Å². The zero-order valence-corrected chi connectivity index (χ0v) is 17.7. The number of allylic oxidation sites excluding steroid dienone is 1. The van der Waals surface area contributed by atoms with Crippen LogP contribution in [0.25, 0.3) is 22.4 Å². The summed E-state index contributed by atoms with van der Waals surface area (Å²) in [5.41, 5.74) is 3.70. The highest BCUT2D eigenvalue weighted by Crippen LogP contribution is 2.37. The lowest BCUT2D eigenvalue weighted by Crippen LogP contribution is -2.17. The molecule has 0 fully saturated rings. The Kier molecular flexibility index (Phi) is 4.92. The first kappa shape index (κ1) is 19.3. The van der Waals surface area contributed by atoms with Crippen molar-refractivity contribution in [2.75, 3.05) is 6.61 Å². The number of hydrogen-bond donors (Lipinski definition) is 1. The van der Waals surface area contributed by atoms with Crippen LogP contribution in [0, 0.1) is 0 Å². The monoisotopic (exact) mass is 428 g/mol. The van der Waals surface area contributed by atoms with Crippen LogP contribution in [0.5, 0.6) is 11.6 Å². The number of fused-ring (bicyclic) bond motifs is 2. The summed E-state index contributed by atoms with van der Waals surface area (Å²) < 4.78 is 7.30. The van der Waals surface area contributed by atoms with Crippen molar-refractivity contribution >= 4 is 45.2 Å². The number of nitrogens with zero attached hydrogens (tertiary/aromatic N) is 2. The smallest absolute Gasteiger partial charge is 0.310 e. The van der Waals surface area contributed by atoms with Gasteiger partial charge in [-0.05, 0) is 30.5 Å². The van der Waals surface area contributed by atoms with E-state index in [2.05, 4.69) is 4.99 Å². The van der Waals surface area contributed by atoms with Crippen molar-refractivity contribution in [2.45, 2.75) is 13.5 Å². The van der Waals surface area contributed by atoms with E-state index in [0.29, 0.717) is 4.88 Å². The summed E-state index contributed by atoms with van der Waals surface area (Å²) in [6.07, 6.45) is 1.84. The predicted octanol–water partition coefficient (Wildman–Crippen LogP) is 5.49. The Morgan fingerprint density at radius 2 is 1.84 bits per heavy atom. The Hall–Kier alpha value is -3.64. The first-order valence-corrected chi connectivity index (χ1v) is 10.8. The molecule has 2 heterocycles. The van der Waals surface area contributed by atoms with Gasteiger partial charge < -0.3 is 9.84 Å². The molecule has 1 aliphatic rings. The molecule has 0 spiro atoms. The third-order valence-corrected chi connectivity index (χ3v) is 6.28. The Balaban J connectivity index is 1.38. The van der Waals surface area contributed by atoms with Crippen LogP contribution >= 0.6 is 11.3 Å². The number of aromatic hydroxyl groups is 1. The minimum atomic E-state index is -0.216. The summed E-state index contributed by atoms with van der Waals surface area (Å²) in [4.78, 5) is 17.4. The zero-order valence-electron chi connectivity index (χ0n) is 16.9. The minimum absolute atomic E-state index is 0.0406. The van der Waals surface area contributed by atoms with Crippen LogP contribution in [0.4, 0.5) is 5.69 Å². The number of hydrogen-bond acceptors (Lipinski definition) is 5. The van der Waals surface area contributed by atoms with E-state index in [1.165, 1.54) is 4.57 Å². The highest BCUT2D eigenvalue weighted by Gasteiger charge is 2.20. The van der Waals surface area contributed by atoms with Crippen molar-refractivity contribution in [3.63, 3.8) is 0 Å². The van der Waals surface area contributed by atoms with Crippen LogP contribution < -0.4 is 9.61 Å². The molecule has 5 nitrogen and oxygen atoms in total. The molecule has 0 radical (unpaired) electrons. The van der Waals surface area contributed by atoms with Gasteiger partial charge in [-0.15, -0.1) is 0 Å². The normalized spacial score (nSPS) is 14.1. The van der Waals surface area contributed by atoms with Gasteiger partial charge in [-0.25, -0.2) is 0 Å². The second-order valence-electron chi connectivity index (χ2n) is 7.31. The van der Waals surface area contributed by atoms with Crippen LogP contribution in [-0.2, 0) is 6.54 Å². The van der Waals surface area contributed by atoms with Crippen LogP contribution in [0.15, 0.2) is 76.5 Å². The fraction of sp³-hybridized carbons (Fsp3) is 0.120. The highest BCUT2D eigenvalue weighted by atomic mass is 32.1. The van der Waals surface area contributed by atoms with Crippen molar-refractivity contribution in [3.05, 3.63) is 86.8 Å². The van der Waals surface area contributed by atoms with Gasteiger partial charge in [0.05, 0.1) is 17.1 Å². The maximum absolute atomic E-state index is 12.5. The summed E-state index contributed by atoms with van der Waals surface area (Å²) in [6, 6.07) is 21.7. The van der Waals surface area contributed by atoms with Gasteiger partial charge in [0.15, 0.2) is 0 Å². The van der Waals surface area contributed by atoms with E-state index in [-0.39, 0.29) is 23.9 Å². The lowest BCUT2D eigenvalue weighted by molar-refractivity contribution is 0.289. The molecular weight excluding hydrogens is 408 g/mol. The van der Waals surface area contributed by atoms with E-state index in [0.717, 1.165) is 50.4 Å². The second kappa shape index (κ2) is 7.89. The van der Waals surface area contributed by atoms with E-state index in [9.17, 15) is 9.90 Å². The molecule has 1 aromatic heterocycles. The van der Waals surface area contributed by atoms with Gasteiger partial charge in [0.1, 0.15) is 12.4 Å². The van der Waals surface area contributed by atoms with E-state index in [4.69, 9.17) is 4.74 Å². The molecule has 0 amide bonds. The fourth-order valence-electron chi connectivity index (χ4n) is 3.82. The quantitative estimate of drug-likeness (QED) is 0.457. The zero-order chi connectivity index (χ0) is 21.4. The summed E-state index contributed by atoms with van der Waals surface area (Å²) >= 11 is 1.02. The minimum Gasteiger partial charge on any atom is -0.493 e. The molecule has 0 atom stereocenters. The van der Waals surface area contributed by atoms with E-state index in [1.54, 1.807) is 0 Å². The van der Waals surface area contributed by atoms with Crippen molar-refractivity contribution in [1.29, 1.82) is 0 Å².